The van der Waals surface area contributed by atoms with Crippen LogP contribution in [-0.2, 0) is 6.61 Å². The SMILES string of the molecule is CN=C(Nc1ncc(Br)cc1OCc1ccccc1)SC. The van der Waals surface area contributed by atoms with Gasteiger partial charge in [0, 0.05) is 17.7 Å². The molecular formula is C15H16BrN3OS. The molecule has 0 saturated carbocycles. The Morgan fingerprint density at radius 1 is 1.38 bits per heavy atom. The summed E-state index contributed by atoms with van der Waals surface area (Å²) in [6.45, 7) is 0.492. The summed E-state index contributed by atoms with van der Waals surface area (Å²) < 4.78 is 6.75. The highest BCUT2D eigenvalue weighted by Gasteiger charge is 2.09. The zero-order valence-electron chi connectivity index (χ0n) is 11.8. The van der Waals surface area contributed by atoms with Gasteiger partial charge in [-0.1, -0.05) is 42.1 Å². The van der Waals surface area contributed by atoms with E-state index in [4.69, 9.17) is 4.74 Å². The van der Waals surface area contributed by atoms with Crippen LogP contribution in [0.4, 0.5) is 5.82 Å². The molecule has 1 aromatic heterocycles. The third kappa shape index (κ3) is 4.75. The standard InChI is InChI=1S/C15H16BrN3OS/c1-17-15(21-2)19-14-13(8-12(16)9-18-14)20-10-11-6-4-3-5-7-11/h3-9H,10H2,1-2H3,(H,17,18,19). The molecule has 0 fully saturated rings. The second-order valence-electron chi connectivity index (χ2n) is 4.13. The molecule has 0 atom stereocenters. The van der Waals surface area contributed by atoms with Crippen molar-refractivity contribution in [2.75, 3.05) is 18.6 Å². The lowest BCUT2D eigenvalue weighted by atomic mass is 10.2. The highest BCUT2D eigenvalue weighted by molar-refractivity contribution is 9.10. The number of ether oxygens (including phenoxy) is 1. The lowest BCUT2D eigenvalue weighted by Crippen LogP contribution is -2.10. The number of benzene rings is 1. The van der Waals surface area contributed by atoms with E-state index in [-0.39, 0.29) is 0 Å². The molecule has 0 aliphatic heterocycles. The van der Waals surface area contributed by atoms with Crippen LogP contribution in [0.2, 0.25) is 0 Å². The predicted molar refractivity (Wildman–Crippen MR) is 93.2 cm³/mol. The van der Waals surface area contributed by atoms with Crippen molar-refractivity contribution < 1.29 is 4.74 Å². The fourth-order valence-electron chi connectivity index (χ4n) is 1.66. The number of amidine groups is 1. The zero-order valence-corrected chi connectivity index (χ0v) is 14.2. The van der Waals surface area contributed by atoms with E-state index in [1.165, 1.54) is 11.8 Å². The van der Waals surface area contributed by atoms with Gasteiger partial charge in [-0.15, -0.1) is 0 Å². The van der Waals surface area contributed by atoms with Crippen molar-refractivity contribution in [3.8, 4) is 5.75 Å². The average Bonchev–Trinajstić information content (AvgIpc) is 2.53. The van der Waals surface area contributed by atoms with Gasteiger partial charge in [-0.25, -0.2) is 4.98 Å². The molecule has 2 rings (SSSR count). The Kier molecular flexibility index (Phi) is 6.07. The van der Waals surface area contributed by atoms with Crippen LogP contribution in [0.5, 0.6) is 5.75 Å². The molecule has 1 heterocycles. The van der Waals surface area contributed by atoms with Gasteiger partial charge in [-0.3, -0.25) is 4.99 Å². The first-order chi connectivity index (χ1) is 10.2. The topological polar surface area (TPSA) is 46.5 Å². The molecule has 0 saturated heterocycles. The second-order valence-corrected chi connectivity index (χ2v) is 5.84. The summed E-state index contributed by atoms with van der Waals surface area (Å²) in [6, 6.07) is 11.9. The summed E-state index contributed by atoms with van der Waals surface area (Å²) in [4.78, 5) is 8.49. The van der Waals surface area contributed by atoms with Crippen molar-refractivity contribution >= 4 is 38.7 Å². The van der Waals surface area contributed by atoms with Crippen molar-refractivity contribution in [2.45, 2.75) is 6.61 Å². The van der Waals surface area contributed by atoms with Crippen LogP contribution in [0.15, 0.2) is 52.1 Å². The summed E-state index contributed by atoms with van der Waals surface area (Å²) in [6.07, 6.45) is 3.68. The highest BCUT2D eigenvalue weighted by atomic mass is 79.9. The molecule has 0 aliphatic rings. The zero-order chi connectivity index (χ0) is 15.1. The second kappa shape index (κ2) is 8.05. The van der Waals surface area contributed by atoms with Crippen molar-refractivity contribution in [3.63, 3.8) is 0 Å². The Bertz CT molecular complexity index is 620. The molecule has 1 N–H and O–H groups in total. The van der Waals surface area contributed by atoms with Crippen LogP contribution in [0.3, 0.4) is 0 Å². The lowest BCUT2D eigenvalue weighted by molar-refractivity contribution is 0.306. The van der Waals surface area contributed by atoms with Crippen molar-refractivity contribution in [2.24, 2.45) is 4.99 Å². The normalized spacial score (nSPS) is 11.3. The quantitative estimate of drug-likeness (QED) is 0.651. The number of rotatable bonds is 4. The molecule has 0 spiro atoms. The predicted octanol–water partition coefficient (Wildman–Crippen LogP) is 4.18. The van der Waals surface area contributed by atoms with Crippen LogP contribution in [0, 0.1) is 0 Å². The van der Waals surface area contributed by atoms with Gasteiger partial charge in [-0.05, 0) is 33.8 Å². The summed E-state index contributed by atoms with van der Waals surface area (Å²) in [5.74, 6) is 1.34. The number of anilines is 1. The Labute approximate surface area is 137 Å². The first-order valence-corrected chi connectivity index (χ1v) is 8.34. The maximum absolute atomic E-state index is 5.87. The summed E-state index contributed by atoms with van der Waals surface area (Å²) in [5.41, 5.74) is 1.11. The molecule has 0 radical (unpaired) electrons. The largest absolute Gasteiger partial charge is 0.485 e. The Balaban J connectivity index is 2.15. The molecular weight excluding hydrogens is 350 g/mol. The molecule has 2 aromatic rings. The number of halogens is 1. The average molecular weight is 366 g/mol. The van der Waals surface area contributed by atoms with E-state index in [1.54, 1.807) is 13.2 Å². The number of nitrogens with zero attached hydrogens (tertiary/aromatic N) is 2. The molecule has 21 heavy (non-hydrogen) atoms. The fraction of sp³-hybridized carbons (Fsp3) is 0.200. The number of nitrogens with one attached hydrogen (secondary N) is 1. The van der Waals surface area contributed by atoms with Gasteiger partial charge >= 0.3 is 0 Å². The van der Waals surface area contributed by atoms with Crippen LogP contribution in [-0.4, -0.2) is 23.5 Å². The van der Waals surface area contributed by atoms with Gasteiger partial charge < -0.3 is 10.1 Å². The first-order valence-electron chi connectivity index (χ1n) is 6.33. The number of aliphatic imine (C=N–C) groups is 1. The monoisotopic (exact) mass is 365 g/mol. The highest BCUT2D eigenvalue weighted by Crippen LogP contribution is 2.27. The summed E-state index contributed by atoms with van der Waals surface area (Å²) in [5, 5.41) is 3.95. The van der Waals surface area contributed by atoms with E-state index in [2.05, 4.69) is 31.2 Å². The minimum absolute atomic E-state index is 0.492. The van der Waals surface area contributed by atoms with Crippen LogP contribution in [0.1, 0.15) is 5.56 Å². The lowest BCUT2D eigenvalue weighted by Gasteiger charge is -2.13. The molecule has 0 aliphatic carbocycles. The molecule has 0 bridgehead atoms. The maximum Gasteiger partial charge on any atom is 0.174 e. The van der Waals surface area contributed by atoms with Crippen molar-refractivity contribution in [3.05, 3.63) is 52.6 Å². The third-order valence-electron chi connectivity index (χ3n) is 2.68. The van der Waals surface area contributed by atoms with Crippen LogP contribution < -0.4 is 10.1 Å². The third-order valence-corrected chi connectivity index (χ3v) is 3.78. The van der Waals surface area contributed by atoms with Gasteiger partial charge in [0.05, 0.1) is 0 Å². The van der Waals surface area contributed by atoms with Gasteiger partial charge in [0.1, 0.15) is 6.61 Å². The Morgan fingerprint density at radius 3 is 2.81 bits per heavy atom. The van der Waals surface area contributed by atoms with Crippen LogP contribution >= 0.6 is 27.7 Å². The summed E-state index contributed by atoms with van der Waals surface area (Å²) in [7, 11) is 1.74. The van der Waals surface area contributed by atoms with E-state index < -0.39 is 0 Å². The number of thioether (sulfide) groups is 1. The van der Waals surface area contributed by atoms with Gasteiger partial charge in [-0.2, -0.15) is 0 Å². The number of aromatic nitrogens is 1. The minimum atomic E-state index is 0.492. The number of hydrogen-bond acceptors (Lipinski definition) is 4. The van der Waals surface area contributed by atoms with Crippen molar-refractivity contribution in [1.82, 2.24) is 4.98 Å². The maximum atomic E-state index is 5.87. The molecule has 1 aromatic carbocycles. The van der Waals surface area contributed by atoms with Gasteiger partial charge in [0.15, 0.2) is 16.7 Å². The van der Waals surface area contributed by atoms with E-state index in [1.807, 2.05) is 42.7 Å². The fourth-order valence-corrected chi connectivity index (χ4v) is 2.35. The number of hydrogen-bond donors (Lipinski definition) is 1. The smallest absolute Gasteiger partial charge is 0.174 e. The van der Waals surface area contributed by atoms with E-state index in [0.29, 0.717) is 18.2 Å². The molecule has 4 nitrogen and oxygen atoms in total. The number of pyridine rings is 1. The minimum Gasteiger partial charge on any atom is -0.485 e. The van der Waals surface area contributed by atoms with Gasteiger partial charge in [0.25, 0.3) is 0 Å². The Morgan fingerprint density at radius 2 is 2.14 bits per heavy atom. The molecule has 110 valence electrons. The van der Waals surface area contributed by atoms with Gasteiger partial charge in [0.2, 0.25) is 0 Å². The van der Waals surface area contributed by atoms with E-state index in [9.17, 15) is 0 Å². The van der Waals surface area contributed by atoms with Crippen molar-refractivity contribution in [1.29, 1.82) is 0 Å². The Hall–Kier alpha value is -1.53. The first kappa shape index (κ1) is 15.9. The van der Waals surface area contributed by atoms with E-state index >= 15 is 0 Å². The molecule has 0 amide bonds. The molecule has 0 unspecified atom stereocenters. The van der Waals surface area contributed by atoms with Crippen LogP contribution in [0.25, 0.3) is 0 Å². The van der Waals surface area contributed by atoms with E-state index in [0.717, 1.165) is 15.2 Å². The molecule has 6 heteroatoms. The summed E-state index contributed by atoms with van der Waals surface area (Å²) >= 11 is 4.94.